The molecular formula is C23H28ClF3N2O. The number of pyridine rings is 1. The van der Waals surface area contributed by atoms with Gasteiger partial charge < -0.3 is 10.1 Å². The minimum Gasteiger partial charge on any atom is -0.490 e. The molecule has 2 aromatic rings. The van der Waals surface area contributed by atoms with Gasteiger partial charge >= 0.3 is 6.18 Å². The van der Waals surface area contributed by atoms with Gasteiger partial charge in [-0.1, -0.05) is 44.5 Å². The zero-order valence-corrected chi connectivity index (χ0v) is 18.4. The number of nitrogens with one attached hydrogen (secondary N) is 1. The Balaban J connectivity index is 1.65. The third-order valence-corrected chi connectivity index (χ3v) is 5.81. The Labute approximate surface area is 181 Å². The molecule has 1 aromatic heterocycles. The number of anilines is 1. The summed E-state index contributed by atoms with van der Waals surface area (Å²) in [5, 5.41) is 3.52. The van der Waals surface area contributed by atoms with E-state index in [4.69, 9.17) is 16.3 Å². The Bertz CT molecular complexity index is 885. The van der Waals surface area contributed by atoms with E-state index < -0.39 is 11.9 Å². The summed E-state index contributed by atoms with van der Waals surface area (Å²) < 4.78 is 46.6. The van der Waals surface area contributed by atoms with Crippen molar-refractivity contribution in [2.24, 2.45) is 5.92 Å². The molecule has 1 saturated carbocycles. The molecule has 1 fully saturated rings. The molecule has 0 radical (unpaired) electrons. The number of hydrogen-bond donors (Lipinski definition) is 1. The van der Waals surface area contributed by atoms with Gasteiger partial charge in [0, 0.05) is 11.6 Å². The quantitative estimate of drug-likeness (QED) is 0.468. The Hall–Kier alpha value is -1.95. The molecule has 0 amide bonds. The van der Waals surface area contributed by atoms with Crippen LogP contribution in [-0.2, 0) is 6.18 Å². The maximum Gasteiger partial charge on any atom is 0.433 e. The van der Waals surface area contributed by atoms with Crippen LogP contribution < -0.4 is 10.1 Å². The van der Waals surface area contributed by atoms with Crippen molar-refractivity contribution >= 4 is 17.4 Å². The number of halogens is 4. The monoisotopic (exact) mass is 440 g/mol. The predicted molar refractivity (Wildman–Crippen MR) is 114 cm³/mol. The van der Waals surface area contributed by atoms with Crippen LogP contribution in [0.3, 0.4) is 0 Å². The second-order valence-corrected chi connectivity index (χ2v) is 8.70. The van der Waals surface area contributed by atoms with E-state index in [0.29, 0.717) is 29.7 Å². The summed E-state index contributed by atoms with van der Waals surface area (Å²) in [5.74, 6) is 1.23. The number of nitrogens with zero attached hydrogens (tertiary/aromatic N) is 1. The van der Waals surface area contributed by atoms with E-state index in [-0.39, 0.29) is 29.3 Å². The lowest BCUT2D eigenvalue weighted by atomic mass is 9.93. The summed E-state index contributed by atoms with van der Waals surface area (Å²) in [6, 6.07) is 8.85. The van der Waals surface area contributed by atoms with Crippen LogP contribution in [0.2, 0.25) is 5.02 Å². The lowest BCUT2D eigenvalue weighted by Gasteiger charge is -2.19. The van der Waals surface area contributed by atoms with Gasteiger partial charge in [0.15, 0.2) is 0 Å². The SMILES string of the molecule is CCNc1ccc(C(C)CC2CC2Oc2ccc(C(C)C)c(Cl)c2)c(C(F)(F)F)n1. The van der Waals surface area contributed by atoms with Crippen LogP contribution in [0.5, 0.6) is 5.75 Å². The van der Waals surface area contributed by atoms with Crippen molar-refractivity contribution in [1.82, 2.24) is 4.98 Å². The molecule has 3 unspecified atom stereocenters. The molecule has 0 bridgehead atoms. The van der Waals surface area contributed by atoms with Crippen molar-refractivity contribution in [1.29, 1.82) is 0 Å². The largest absolute Gasteiger partial charge is 0.490 e. The van der Waals surface area contributed by atoms with Gasteiger partial charge in [-0.05, 0) is 66.8 Å². The van der Waals surface area contributed by atoms with Crippen LogP contribution in [0.15, 0.2) is 30.3 Å². The number of benzene rings is 1. The zero-order valence-electron chi connectivity index (χ0n) is 17.7. The summed E-state index contributed by atoms with van der Waals surface area (Å²) in [4.78, 5) is 3.82. The fraction of sp³-hybridized carbons (Fsp3) is 0.522. The topological polar surface area (TPSA) is 34.1 Å². The molecule has 0 saturated heterocycles. The summed E-state index contributed by atoms with van der Waals surface area (Å²) in [5.41, 5.74) is 0.500. The Kier molecular flexibility index (Phi) is 6.85. The molecule has 1 aliphatic carbocycles. The fourth-order valence-corrected chi connectivity index (χ4v) is 4.18. The van der Waals surface area contributed by atoms with Gasteiger partial charge in [0.2, 0.25) is 0 Å². The third kappa shape index (κ3) is 5.39. The molecule has 1 heterocycles. The molecule has 3 atom stereocenters. The summed E-state index contributed by atoms with van der Waals surface area (Å²) in [6.45, 7) is 8.32. The lowest BCUT2D eigenvalue weighted by molar-refractivity contribution is -0.141. The minimum absolute atomic E-state index is 0.0109. The first kappa shape index (κ1) is 22.7. The highest BCUT2D eigenvalue weighted by molar-refractivity contribution is 6.31. The highest BCUT2D eigenvalue weighted by Gasteiger charge is 2.42. The van der Waals surface area contributed by atoms with Crippen molar-refractivity contribution < 1.29 is 17.9 Å². The molecule has 0 aliphatic heterocycles. The number of alkyl halides is 3. The molecule has 1 N–H and O–H groups in total. The van der Waals surface area contributed by atoms with Gasteiger partial charge in [-0.2, -0.15) is 13.2 Å². The maximum atomic E-state index is 13.5. The van der Waals surface area contributed by atoms with E-state index in [1.807, 2.05) is 32.0 Å². The van der Waals surface area contributed by atoms with Crippen LogP contribution in [0, 0.1) is 5.92 Å². The summed E-state index contributed by atoms with van der Waals surface area (Å²) in [7, 11) is 0. The number of hydrogen-bond acceptors (Lipinski definition) is 3. The van der Waals surface area contributed by atoms with Gasteiger partial charge in [0.25, 0.3) is 0 Å². The van der Waals surface area contributed by atoms with Crippen LogP contribution in [-0.4, -0.2) is 17.6 Å². The van der Waals surface area contributed by atoms with Crippen LogP contribution in [0.1, 0.15) is 69.2 Å². The zero-order chi connectivity index (χ0) is 22.1. The van der Waals surface area contributed by atoms with Crippen molar-refractivity contribution in [2.75, 3.05) is 11.9 Å². The normalized spacial score (nSPS) is 19.6. The number of ether oxygens (including phenoxy) is 1. The van der Waals surface area contributed by atoms with E-state index in [2.05, 4.69) is 24.1 Å². The molecule has 1 aromatic carbocycles. The van der Waals surface area contributed by atoms with Gasteiger partial charge in [-0.15, -0.1) is 0 Å². The summed E-state index contributed by atoms with van der Waals surface area (Å²) >= 11 is 6.33. The van der Waals surface area contributed by atoms with Gasteiger partial charge in [-0.3, -0.25) is 0 Å². The van der Waals surface area contributed by atoms with Crippen LogP contribution in [0.25, 0.3) is 0 Å². The molecule has 3 rings (SSSR count). The smallest absolute Gasteiger partial charge is 0.433 e. The molecule has 30 heavy (non-hydrogen) atoms. The maximum absolute atomic E-state index is 13.5. The van der Waals surface area contributed by atoms with Crippen LogP contribution >= 0.6 is 11.6 Å². The molecule has 7 heteroatoms. The highest BCUT2D eigenvalue weighted by atomic mass is 35.5. The van der Waals surface area contributed by atoms with Gasteiger partial charge in [0.05, 0.1) is 0 Å². The average molecular weight is 441 g/mol. The van der Waals surface area contributed by atoms with Gasteiger partial charge in [-0.25, -0.2) is 4.98 Å². The van der Waals surface area contributed by atoms with Crippen molar-refractivity contribution in [3.05, 3.63) is 52.2 Å². The minimum atomic E-state index is -4.48. The van der Waals surface area contributed by atoms with E-state index in [1.165, 1.54) is 0 Å². The molecule has 0 spiro atoms. The molecule has 164 valence electrons. The Morgan fingerprint density at radius 3 is 2.47 bits per heavy atom. The standard InChI is InChI=1S/C23H28ClF3N2O/c1-5-28-21-9-8-18(22(29-21)23(25,26)27)14(4)10-15-11-20(15)30-16-6-7-17(13(2)3)19(24)12-16/h6-9,12-15,20H,5,10-11H2,1-4H3,(H,28,29). The molecule has 3 nitrogen and oxygen atoms in total. The van der Waals surface area contributed by atoms with Crippen LogP contribution in [0.4, 0.5) is 19.0 Å². The molecule has 1 aliphatic rings. The van der Waals surface area contributed by atoms with E-state index in [0.717, 1.165) is 12.0 Å². The van der Waals surface area contributed by atoms with Gasteiger partial charge in [0.1, 0.15) is 23.4 Å². The first-order valence-electron chi connectivity index (χ1n) is 10.4. The van der Waals surface area contributed by atoms with Crippen molar-refractivity contribution in [3.8, 4) is 5.75 Å². The van der Waals surface area contributed by atoms with Crippen molar-refractivity contribution in [3.63, 3.8) is 0 Å². The molecular weight excluding hydrogens is 413 g/mol. The third-order valence-electron chi connectivity index (χ3n) is 5.48. The summed E-state index contributed by atoms with van der Waals surface area (Å²) in [6.07, 6.45) is -3.02. The first-order chi connectivity index (χ1) is 14.1. The Morgan fingerprint density at radius 1 is 1.17 bits per heavy atom. The Morgan fingerprint density at radius 2 is 1.87 bits per heavy atom. The highest BCUT2D eigenvalue weighted by Crippen LogP contribution is 2.44. The number of aromatic nitrogens is 1. The second kappa shape index (κ2) is 9.04. The predicted octanol–water partition coefficient (Wildman–Crippen LogP) is 7.27. The lowest BCUT2D eigenvalue weighted by Crippen LogP contribution is -2.16. The van der Waals surface area contributed by atoms with E-state index in [1.54, 1.807) is 12.1 Å². The second-order valence-electron chi connectivity index (χ2n) is 8.29. The van der Waals surface area contributed by atoms with E-state index in [9.17, 15) is 13.2 Å². The van der Waals surface area contributed by atoms with Crippen molar-refractivity contribution in [2.45, 2.75) is 64.7 Å². The first-order valence-corrected chi connectivity index (χ1v) is 10.8. The number of rotatable bonds is 8. The fourth-order valence-electron chi connectivity index (χ4n) is 3.79. The average Bonchev–Trinajstić information content (AvgIpc) is 3.38. The van der Waals surface area contributed by atoms with E-state index >= 15 is 0 Å².